The molecule has 0 aliphatic rings. The van der Waals surface area contributed by atoms with Crippen molar-refractivity contribution in [3.63, 3.8) is 0 Å². The summed E-state index contributed by atoms with van der Waals surface area (Å²) in [4.78, 5) is 16.1. The highest BCUT2D eigenvalue weighted by atomic mass is 16.5. The van der Waals surface area contributed by atoms with E-state index in [0.29, 0.717) is 18.5 Å². The van der Waals surface area contributed by atoms with Crippen LogP contribution in [0.4, 0.5) is 5.95 Å². The number of benzene rings is 1. The topological polar surface area (TPSA) is 70.1 Å². The average Bonchev–Trinajstić information content (AvgIpc) is 2.64. The van der Waals surface area contributed by atoms with Crippen molar-refractivity contribution in [3.05, 3.63) is 23.3 Å². The first-order valence-electron chi connectivity index (χ1n) is 6.77. The molecule has 2 N–H and O–H groups in total. The standard InChI is InChI=1S/C15H21N3O2/c1-9(2)8-20-14(19)7-18-13-6-11(4)10(3)5-12(13)17-15(18)16/h5-6,9H,7-8H2,1-4H3,(H2,16,17). The quantitative estimate of drug-likeness (QED) is 0.870. The number of nitrogens with zero attached hydrogens (tertiary/aromatic N) is 2. The molecule has 1 heterocycles. The molecule has 108 valence electrons. The molecule has 0 aliphatic carbocycles. The molecule has 5 nitrogen and oxygen atoms in total. The molecule has 1 aromatic heterocycles. The lowest BCUT2D eigenvalue weighted by Gasteiger charge is -2.09. The van der Waals surface area contributed by atoms with Crippen LogP contribution >= 0.6 is 0 Å². The first-order chi connectivity index (χ1) is 9.38. The Kier molecular flexibility index (Phi) is 3.97. The van der Waals surface area contributed by atoms with Crippen molar-refractivity contribution in [2.45, 2.75) is 34.2 Å². The van der Waals surface area contributed by atoms with Crippen LogP contribution in [0, 0.1) is 19.8 Å². The molecule has 0 bridgehead atoms. The predicted octanol–water partition coefficient (Wildman–Crippen LogP) is 2.43. The van der Waals surface area contributed by atoms with E-state index >= 15 is 0 Å². The molecule has 0 spiro atoms. The second-order valence-electron chi connectivity index (χ2n) is 5.56. The van der Waals surface area contributed by atoms with Gasteiger partial charge in [0.05, 0.1) is 17.6 Å². The zero-order valence-corrected chi connectivity index (χ0v) is 12.4. The summed E-state index contributed by atoms with van der Waals surface area (Å²) < 4.78 is 6.89. The first kappa shape index (κ1) is 14.4. The Morgan fingerprint density at radius 3 is 2.65 bits per heavy atom. The number of imidazole rings is 1. The van der Waals surface area contributed by atoms with Crippen molar-refractivity contribution in [2.24, 2.45) is 5.92 Å². The molecule has 1 aromatic carbocycles. The van der Waals surface area contributed by atoms with Gasteiger partial charge in [0, 0.05) is 0 Å². The molecule has 20 heavy (non-hydrogen) atoms. The van der Waals surface area contributed by atoms with Crippen LogP contribution in [0.3, 0.4) is 0 Å². The highest BCUT2D eigenvalue weighted by Crippen LogP contribution is 2.21. The number of nitrogens with two attached hydrogens (primary N) is 1. The Bertz CT molecular complexity index is 644. The third kappa shape index (κ3) is 2.92. The molecule has 0 aliphatic heterocycles. The predicted molar refractivity (Wildman–Crippen MR) is 79.4 cm³/mol. The summed E-state index contributed by atoms with van der Waals surface area (Å²) in [5, 5.41) is 0. The lowest BCUT2D eigenvalue weighted by molar-refractivity contribution is -0.145. The fourth-order valence-corrected chi connectivity index (χ4v) is 2.00. The molecule has 5 heteroatoms. The second-order valence-corrected chi connectivity index (χ2v) is 5.56. The van der Waals surface area contributed by atoms with Gasteiger partial charge in [-0.25, -0.2) is 4.98 Å². The van der Waals surface area contributed by atoms with E-state index < -0.39 is 0 Å². The average molecular weight is 275 g/mol. The number of aryl methyl sites for hydroxylation is 2. The molecular formula is C15H21N3O2. The van der Waals surface area contributed by atoms with Gasteiger partial charge in [-0.05, 0) is 43.0 Å². The molecule has 0 atom stereocenters. The van der Waals surface area contributed by atoms with E-state index in [1.807, 2.05) is 39.8 Å². The summed E-state index contributed by atoms with van der Waals surface area (Å²) in [6, 6.07) is 3.99. The van der Waals surface area contributed by atoms with Crippen molar-refractivity contribution in [1.82, 2.24) is 9.55 Å². The Labute approximate surface area is 118 Å². The number of fused-ring (bicyclic) bond motifs is 1. The van der Waals surface area contributed by atoms with Crippen LogP contribution in [-0.2, 0) is 16.1 Å². The van der Waals surface area contributed by atoms with E-state index in [1.165, 1.54) is 0 Å². The minimum Gasteiger partial charge on any atom is -0.464 e. The lowest BCUT2D eigenvalue weighted by Crippen LogP contribution is -2.17. The van der Waals surface area contributed by atoms with Crippen LogP contribution in [0.1, 0.15) is 25.0 Å². The van der Waals surface area contributed by atoms with Crippen molar-refractivity contribution in [2.75, 3.05) is 12.3 Å². The van der Waals surface area contributed by atoms with Crippen LogP contribution in [-0.4, -0.2) is 22.1 Å². The minimum atomic E-state index is -0.289. The maximum absolute atomic E-state index is 11.8. The van der Waals surface area contributed by atoms with Gasteiger partial charge < -0.3 is 10.5 Å². The first-order valence-corrected chi connectivity index (χ1v) is 6.77. The van der Waals surface area contributed by atoms with E-state index in [-0.39, 0.29) is 12.5 Å². The largest absolute Gasteiger partial charge is 0.464 e. The number of nitrogen functional groups attached to an aromatic ring is 1. The summed E-state index contributed by atoms with van der Waals surface area (Å²) in [7, 11) is 0. The fraction of sp³-hybridized carbons (Fsp3) is 0.467. The van der Waals surface area contributed by atoms with Crippen LogP contribution in [0.25, 0.3) is 11.0 Å². The van der Waals surface area contributed by atoms with E-state index in [0.717, 1.165) is 22.2 Å². The second kappa shape index (κ2) is 5.53. The Balaban J connectivity index is 2.27. The maximum atomic E-state index is 11.8. The summed E-state index contributed by atoms with van der Waals surface area (Å²) in [5.41, 5.74) is 9.88. The van der Waals surface area contributed by atoms with Gasteiger partial charge in [-0.15, -0.1) is 0 Å². The summed E-state index contributed by atoms with van der Waals surface area (Å²) >= 11 is 0. The zero-order chi connectivity index (χ0) is 14.9. The third-order valence-electron chi connectivity index (χ3n) is 3.26. The van der Waals surface area contributed by atoms with Crippen molar-refractivity contribution in [3.8, 4) is 0 Å². The Hall–Kier alpha value is -2.04. The van der Waals surface area contributed by atoms with Gasteiger partial charge in [-0.2, -0.15) is 0 Å². The molecule has 2 aromatic rings. The lowest BCUT2D eigenvalue weighted by atomic mass is 10.1. The number of ether oxygens (including phenoxy) is 1. The van der Waals surface area contributed by atoms with Crippen LogP contribution in [0.5, 0.6) is 0 Å². The van der Waals surface area contributed by atoms with Gasteiger partial charge in [0.1, 0.15) is 6.54 Å². The molecule has 0 radical (unpaired) electrons. The SMILES string of the molecule is Cc1cc2nc(N)n(CC(=O)OCC(C)C)c2cc1C. The van der Waals surface area contributed by atoms with Gasteiger partial charge >= 0.3 is 5.97 Å². The zero-order valence-electron chi connectivity index (χ0n) is 12.4. The molecule has 0 amide bonds. The number of anilines is 1. The summed E-state index contributed by atoms with van der Waals surface area (Å²) in [5.74, 6) is 0.371. The molecule has 0 saturated heterocycles. The molecule has 0 fully saturated rings. The summed E-state index contributed by atoms with van der Waals surface area (Å²) in [6.45, 7) is 8.57. The highest BCUT2D eigenvalue weighted by Gasteiger charge is 2.14. The third-order valence-corrected chi connectivity index (χ3v) is 3.26. The number of carbonyl (C=O) groups excluding carboxylic acids is 1. The maximum Gasteiger partial charge on any atom is 0.326 e. The van der Waals surface area contributed by atoms with Crippen LogP contribution in [0.2, 0.25) is 0 Å². The fourth-order valence-electron chi connectivity index (χ4n) is 2.00. The molecular weight excluding hydrogens is 254 g/mol. The van der Waals surface area contributed by atoms with E-state index in [9.17, 15) is 4.79 Å². The number of rotatable bonds is 4. The van der Waals surface area contributed by atoms with Crippen LogP contribution < -0.4 is 5.73 Å². The number of aromatic nitrogens is 2. The molecule has 0 unspecified atom stereocenters. The minimum absolute atomic E-state index is 0.0948. The van der Waals surface area contributed by atoms with Crippen molar-refractivity contribution >= 4 is 23.0 Å². The Morgan fingerprint density at radius 2 is 2.00 bits per heavy atom. The number of carbonyl (C=O) groups is 1. The van der Waals surface area contributed by atoms with Gasteiger partial charge in [-0.1, -0.05) is 13.8 Å². The monoisotopic (exact) mass is 275 g/mol. The van der Waals surface area contributed by atoms with Gasteiger partial charge in [0.15, 0.2) is 0 Å². The van der Waals surface area contributed by atoms with Crippen LogP contribution in [0.15, 0.2) is 12.1 Å². The van der Waals surface area contributed by atoms with Gasteiger partial charge in [-0.3, -0.25) is 9.36 Å². The number of hydrogen-bond donors (Lipinski definition) is 1. The number of esters is 1. The van der Waals surface area contributed by atoms with E-state index in [2.05, 4.69) is 4.98 Å². The van der Waals surface area contributed by atoms with Crippen molar-refractivity contribution in [1.29, 1.82) is 0 Å². The van der Waals surface area contributed by atoms with Gasteiger partial charge in [0.2, 0.25) is 5.95 Å². The van der Waals surface area contributed by atoms with Gasteiger partial charge in [0.25, 0.3) is 0 Å². The van der Waals surface area contributed by atoms with E-state index in [1.54, 1.807) is 4.57 Å². The smallest absolute Gasteiger partial charge is 0.326 e. The van der Waals surface area contributed by atoms with E-state index in [4.69, 9.17) is 10.5 Å². The number of hydrogen-bond acceptors (Lipinski definition) is 4. The Morgan fingerprint density at radius 1 is 1.35 bits per heavy atom. The summed E-state index contributed by atoms with van der Waals surface area (Å²) in [6.07, 6.45) is 0. The normalized spacial score (nSPS) is 11.2. The molecule has 0 saturated carbocycles. The van der Waals surface area contributed by atoms with Crippen molar-refractivity contribution < 1.29 is 9.53 Å². The highest BCUT2D eigenvalue weighted by molar-refractivity contribution is 5.82. The molecule has 2 rings (SSSR count).